The molecule has 0 amide bonds. The normalized spacial score (nSPS) is 11.3. The largest absolute Gasteiger partial charge is 0.490 e. The Morgan fingerprint density at radius 3 is 2.53 bits per heavy atom. The molecule has 0 unspecified atom stereocenters. The summed E-state index contributed by atoms with van der Waals surface area (Å²) < 4.78 is 18.8. The van der Waals surface area contributed by atoms with E-state index in [1.54, 1.807) is 20.9 Å². The fourth-order valence-electron chi connectivity index (χ4n) is 1.80. The van der Waals surface area contributed by atoms with Gasteiger partial charge in [0.25, 0.3) is 0 Å². The number of anilines is 1. The van der Waals surface area contributed by atoms with Crippen molar-refractivity contribution in [1.29, 1.82) is 0 Å². The van der Waals surface area contributed by atoms with Crippen LogP contribution in [0.5, 0.6) is 5.75 Å². The average molecular weight is 272 g/mol. The monoisotopic (exact) mass is 272 g/mol. The Morgan fingerprint density at radius 2 is 2.11 bits per heavy atom. The number of nitro groups is 1. The molecule has 0 radical (unpaired) electrons. The number of hydrogen-bond donors (Lipinski definition) is 1. The first kappa shape index (κ1) is 15.2. The Labute approximate surface area is 110 Å². The lowest BCUT2D eigenvalue weighted by atomic mass is 10.1. The van der Waals surface area contributed by atoms with Crippen molar-refractivity contribution in [2.24, 2.45) is 0 Å². The van der Waals surface area contributed by atoms with Crippen molar-refractivity contribution in [2.45, 2.75) is 19.4 Å². The molecule has 1 aromatic carbocycles. The van der Waals surface area contributed by atoms with Gasteiger partial charge in [0.15, 0.2) is 11.6 Å². The Hall–Kier alpha value is -1.89. The second-order valence-corrected chi connectivity index (χ2v) is 4.90. The third-order valence-corrected chi connectivity index (χ3v) is 2.48. The van der Waals surface area contributed by atoms with Gasteiger partial charge in [0.05, 0.1) is 29.4 Å². The highest BCUT2D eigenvalue weighted by molar-refractivity contribution is 5.60. The standard InChI is InChI=1S/C12H17FN2O4/c1-12(2,16)7-14(3)9-6-11(19-4)10(15(17)18)5-8(9)13/h5-6,16H,7H2,1-4H3. The smallest absolute Gasteiger partial charge is 0.313 e. The van der Waals surface area contributed by atoms with Crippen LogP contribution in [0.1, 0.15) is 13.8 Å². The van der Waals surface area contributed by atoms with E-state index < -0.39 is 22.0 Å². The Balaban J connectivity index is 3.19. The van der Waals surface area contributed by atoms with Gasteiger partial charge in [0.2, 0.25) is 0 Å². The lowest BCUT2D eigenvalue weighted by Gasteiger charge is -2.27. The molecule has 7 heteroatoms. The van der Waals surface area contributed by atoms with Crippen LogP contribution in [0.4, 0.5) is 15.8 Å². The second-order valence-electron chi connectivity index (χ2n) is 4.90. The minimum atomic E-state index is -1.02. The number of halogens is 1. The molecule has 0 spiro atoms. The van der Waals surface area contributed by atoms with Crippen LogP contribution in [0.2, 0.25) is 0 Å². The highest BCUT2D eigenvalue weighted by Gasteiger charge is 2.23. The molecule has 1 N–H and O–H groups in total. The first-order chi connectivity index (χ1) is 8.65. The molecule has 19 heavy (non-hydrogen) atoms. The van der Waals surface area contributed by atoms with E-state index in [1.807, 2.05) is 0 Å². The third kappa shape index (κ3) is 3.78. The lowest BCUT2D eigenvalue weighted by molar-refractivity contribution is -0.385. The fourth-order valence-corrected chi connectivity index (χ4v) is 1.80. The molecule has 0 fully saturated rings. The van der Waals surface area contributed by atoms with E-state index in [0.29, 0.717) is 0 Å². The molecule has 0 aliphatic rings. The van der Waals surface area contributed by atoms with E-state index >= 15 is 0 Å². The van der Waals surface area contributed by atoms with Gasteiger partial charge in [0, 0.05) is 19.7 Å². The van der Waals surface area contributed by atoms with Crippen molar-refractivity contribution in [3.63, 3.8) is 0 Å². The van der Waals surface area contributed by atoms with E-state index in [9.17, 15) is 19.6 Å². The van der Waals surface area contributed by atoms with Crippen LogP contribution in [-0.2, 0) is 0 Å². The summed E-state index contributed by atoms with van der Waals surface area (Å²) in [6.45, 7) is 3.35. The lowest BCUT2D eigenvalue weighted by Crippen LogP contribution is -2.36. The van der Waals surface area contributed by atoms with Gasteiger partial charge in [-0.05, 0) is 13.8 Å². The first-order valence-electron chi connectivity index (χ1n) is 5.61. The van der Waals surface area contributed by atoms with Gasteiger partial charge >= 0.3 is 5.69 Å². The molecule has 0 heterocycles. The molecule has 0 bridgehead atoms. The zero-order chi connectivity index (χ0) is 14.8. The maximum absolute atomic E-state index is 13.9. The number of hydrogen-bond acceptors (Lipinski definition) is 5. The predicted octanol–water partition coefficient (Wildman–Crippen LogP) is 1.95. The van der Waals surface area contributed by atoms with Crippen LogP contribution in [0.15, 0.2) is 12.1 Å². The SMILES string of the molecule is COc1cc(N(C)CC(C)(C)O)c(F)cc1[N+](=O)[O-]. The number of ether oxygens (including phenoxy) is 1. The molecule has 1 aromatic rings. The Kier molecular flexibility index (Phi) is 4.31. The number of nitro benzene ring substituents is 1. The highest BCUT2D eigenvalue weighted by Crippen LogP contribution is 2.34. The van der Waals surface area contributed by atoms with E-state index in [0.717, 1.165) is 6.07 Å². The minimum Gasteiger partial charge on any atom is -0.490 e. The number of benzene rings is 1. The van der Waals surface area contributed by atoms with Crippen LogP contribution in [0.25, 0.3) is 0 Å². The first-order valence-corrected chi connectivity index (χ1v) is 5.61. The number of methoxy groups -OCH3 is 1. The summed E-state index contributed by atoms with van der Waals surface area (Å²) in [5, 5.41) is 20.5. The zero-order valence-electron chi connectivity index (χ0n) is 11.3. The molecule has 0 atom stereocenters. The molecule has 0 aliphatic heterocycles. The van der Waals surface area contributed by atoms with Crippen LogP contribution >= 0.6 is 0 Å². The molecule has 0 saturated heterocycles. The van der Waals surface area contributed by atoms with Crippen LogP contribution in [0, 0.1) is 15.9 Å². The highest BCUT2D eigenvalue weighted by atomic mass is 19.1. The maximum Gasteiger partial charge on any atom is 0.313 e. The summed E-state index contributed by atoms with van der Waals surface area (Å²) in [4.78, 5) is 11.5. The van der Waals surface area contributed by atoms with E-state index in [2.05, 4.69) is 0 Å². The van der Waals surface area contributed by atoms with Gasteiger partial charge in [-0.2, -0.15) is 0 Å². The zero-order valence-corrected chi connectivity index (χ0v) is 11.3. The Bertz CT molecular complexity index is 485. The van der Waals surface area contributed by atoms with Crippen molar-refractivity contribution < 1.29 is 19.2 Å². The molecule has 0 aliphatic carbocycles. The van der Waals surface area contributed by atoms with E-state index in [-0.39, 0.29) is 18.0 Å². The van der Waals surface area contributed by atoms with Crippen molar-refractivity contribution in [2.75, 3.05) is 25.6 Å². The van der Waals surface area contributed by atoms with Crippen molar-refractivity contribution >= 4 is 11.4 Å². The van der Waals surface area contributed by atoms with Gasteiger partial charge in [-0.3, -0.25) is 10.1 Å². The summed E-state index contributed by atoms with van der Waals surface area (Å²) in [6, 6.07) is 2.06. The summed E-state index contributed by atoms with van der Waals surface area (Å²) in [6.07, 6.45) is 0. The molecule has 106 valence electrons. The minimum absolute atomic E-state index is 0.0241. The average Bonchev–Trinajstić information content (AvgIpc) is 2.25. The number of aliphatic hydroxyl groups is 1. The van der Waals surface area contributed by atoms with Gasteiger partial charge in [-0.15, -0.1) is 0 Å². The quantitative estimate of drug-likeness (QED) is 0.655. The summed E-state index contributed by atoms with van der Waals surface area (Å²) in [5.74, 6) is -0.761. The molecule has 1 rings (SSSR count). The summed E-state index contributed by atoms with van der Waals surface area (Å²) >= 11 is 0. The van der Waals surface area contributed by atoms with Crippen molar-refractivity contribution in [3.8, 4) is 5.75 Å². The van der Waals surface area contributed by atoms with Crippen LogP contribution in [0.3, 0.4) is 0 Å². The van der Waals surface area contributed by atoms with Gasteiger partial charge in [-0.1, -0.05) is 0 Å². The molecule has 6 nitrogen and oxygen atoms in total. The Morgan fingerprint density at radius 1 is 1.53 bits per heavy atom. The second kappa shape index (κ2) is 5.40. The molecular weight excluding hydrogens is 255 g/mol. The van der Waals surface area contributed by atoms with Gasteiger partial charge in [0.1, 0.15) is 0 Å². The number of likely N-dealkylation sites (N-methyl/N-ethyl adjacent to an activating group) is 1. The summed E-state index contributed by atoms with van der Waals surface area (Å²) in [7, 11) is 2.86. The number of rotatable bonds is 5. The van der Waals surface area contributed by atoms with Crippen LogP contribution < -0.4 is 9.64 Å². The predicted molar refractivity (Wildman–Crippen MR) is 69.2 cm³/mol. The van der Waals surface area contributed by atoms with Crippen molar-refractivity contribution in [3.05, 3.63) is 28.1 Å². The van der Waals surface area contributed by atoms with E-state index in [4.69, 9.17) is 4.74 Å². The topological polar surface area (TPSA) is 75.8 Å². The maximum atomic E-state index is 13.9. The van der Waals surface area contributed by atoms with Gasteiger partial charge in [-0.25, -0.2) is 4.39 Å². The van der Waals surface area contributed by atoms with Gasteiger partial charge < -0.3 is 14.7 Å². The van der Waals surface area contributed by atoms with Crippen molar-refractivity contribution in [1.82, 2.24) is 0 Å². The van der Waals surface area contributed by atoms with Crippen LogP contribution in [-0.4, -0.2) is 36.3 Å². The molecule has 0 aromatic heterocycles. The molecule has 0 saturated carbocycles. The third-order valence-electron chi connectivity index (χ3n) is 2.48. The number of nitrogens with zero attached hydrogens (tertiary/aromatic N) is 2. The molecular formula is C12H17FN2O4. The fraction of sp³-hybridized carbons (Fsp3) is 0.500. The van der Waals surface area contributed by atoms with E-state index in [1.165, 1.54) is 18.1 Å². The summed E-state index contributed by atoms with van der Waals surface area (Å²) in [5.41, 5.74) is -1.32.